The van der Waals surface area contributed by atoms with Gasteiger partial charge < -0.3 is 5.32 Å². The Kier molecular flexibility index (Phi) is 4.03. The lowest BCUT2D eigenvalue weighted by atomic mass is 10.1. The van der Waals surface area contributed by atoms with Crippen molar-refractivity contribution in [1.82, 2.24) is 10.2 Å². The van der Waals surface area contributed by atoms with E-state index >= 15 is 0 Å². The van der Waals surface area contributed by atoms with Gasteiger partial charge in [0.15, 0.2) is 0 Å². The summed E-state index contributed by atoms with van der Waals surface area (Å²) in [6.07, 6.45) is 17.0. The van der Waals surface area contributed by atoms with Crippen LogP contribution in [0.25, 0.3) is 0 Å². The molecule has 1 fully saturated rings. The van der Waals surface area contributed by atoms with Gasteiger partial charge in [0, 0.05) is 6.54 Å². The SMILES string of the molecule is C1=CNC(/C=C/CN2CCCCC2)C=C1. The van der Waals surface area contributed by atoms with Crippen LogP contribution in [0.5, 0.6) is 0 Å². The molecule has 2 heteroatoms. The minimum atomic E-state index is 0.389. The molecule has 0 saturated carbocycles. The highest BCUT2D eigenvalue weighted by Gasteiger charge is 2.07. The average Bonchev–Trinajstić information content (AvgIpc) is 2.32. The highest BCUT2D eigenvalue weighted by Crippen LogP contribution is 2.08. The normalized spacial score (nSPS) is 27.1. The highest BCUT2D eigenvalue weighted by atomic mass is 15.1. The molecular formula is C13H20N2. The summed E-state index contributed by atoms with van der Waals surface area (Å²) in [6, 6.07) is 0.389. The number of allylic oxidation sites excluding steroid dienone is 2. The number of likely N-dealkylation sites (tertiary alicyclic amines) is 1. The quantitative estimate of drug-likeness (QED) is 0.708. The van der Waals surface area contributed by atoms with E-state index < -0.39 is 0 Å². The predicted molar refractivity (Wildman–Crippen MR) is 64.6 cm³/mol. The maximum absolute atomic E-state index is 3.28. The second-order valence-electron chi connectivity index (χ2n) is 4.23. The van der Waals surface area contributed by atoms with E-state index in [1.807, 2.05) is 12.3 Å². The predicted octanol–water partition coefficient (Wildman–Crippen LogP) is 2.07. The Balaban J connectivity index is 1.69. The summed E-state index contributed by atoms with van der Waals surface area (Å²) in [4.78, 5) is 2.53. The van der Waals surface area contributed by atoms with E-state index in [1.54, 1.807) is 0 Å². The van der Waals surface area contributed by atoms with E-state index in [-0.39, 0.29) is 0 Å². The number of nitrogens with one attached hydrogen (secondary N) is 1. The summed E-state index contributed by atoms with van der Waals surface area (Å²) in [5, 5.41) is 3.28. The van der Waals surface area contributed by atoms with E-state index in [0.717, 1.165) is 6.54 Å². The van der Waals surface area contributed by atoms with Crippen LogP contribution in [-0.2, 0) is 0 Å². The van der Waals surface area contributed by atoms with Gasteiger partial charge in [-0.15, -0.1) is 0 Å². The summed E-state index contributed by atoms with van der Waals surface area (Å²) in [5.74, 6) is 0. The van der Waals surface area contributed by atoms with Crippen LogP contribution < -0.4 is 5.32 Å². The summed E-state index contributed by atoms with van der Waals surface area (Å²) in [7, 11) is 0. The van der Waals surface area contributed by atoms with Crippen LogP contribution in [0.1, 0.15) is 19.3 Å². The number of hydrogen-bond acceptors (Lipinski definition) is 2. The molecule has 0 aromatic heterocycles. The van der Waals surface area contributed by atoms with Crippen molar-refractivity contribution in [2.45, 2.75) is 25.3 Å². The van der Waals surface area contributed by atoms with Crippen molar-refractivity contribution in [1.29, 1.82) is 0 Å². The third-order valence-corrected chi connectivity index (χ3v) is 2.97. The molecule has 0 radical (unpaired) electrons. The van der Waals surface area contributed by atoms with Crippen molar-refractivity contribution in [3.63, 3.8) is 0 Å². The maximum atomic E-state index is 3.28. The van der Waals surface area contributed by atoms with Crippen LogP contribution in [-0.4, -0.2) is 30.6 Å². The Hall–Kier alpha value is -1.02. The molecule has 0 aromatic rings. The molecule has 0 bridgehead atoms. The van der Waals surface area contributed by atoms with E-state index in [4.69, 9.17) is 0 Å². The lowest BCUT2D eigenvalue weighted by molar-refractivity contribution is 0.251. The molecule has 2 nitrogen and oxygen atoms in total. The first-order chi connectivity index (χ1) is 7.45. The zero-order valence-corrected chi connectivity index (χ0v) is 9.23. The number of hydrogen-bond donors (Lipinski definition) is 1. The number of piperidine rings is 1. The Morgan fingerprint density at radius 1 is 1.20 bits per heavy atom. The lowest BCUT2D eigenvalue weighted by Crippen LogP contribution is -2.30. The second kappa shape index (κ2) is 5.76. The van der Waals surface area contributed by atoms with Crippen molar-refractivity contribution in [2.24, 2.45) is 0 Å². The minimum absolute atomic E-state index is 0.389. The molecule has 1 atom stereocenters. The fourth-order valence-corrected chi connectivity index (χ4v) is 2.08. The van der Waals surface area contributed by atoms with Gasteiger partial charge in [0.05, 0.1) is 6.04 Å². The monoisotopic (exact) mass is 204 g/mol. The van der Waals surface area contributed by atoms with Crippen molar-refractivity contribution < 1.29 is 0 Å². The zero-order valence-electron chi connectivity index (χ0n) is 9.23. The number of rotatable bonds is 3. The van der Waals surface area contributed by atoms with Gasteiger partial charge in [-0.1, -0.05) is 30.7 Å². The van der Waals surface area contributed by atoms with Gasteiger partial charge >= 0.3 is 0 Å². The minimum Gasteiger partial charge on any atom is -0.381 e. The molecule has 1 unspecified atom stereocenters. The van der Waals surface area contributed by atoms with Crippen LogP contribution in [0.2, 0.25) is 0 Å². The molecule has 1 saturated heterocycles. The third kappa shape index (κ3) is 3.56. The fourth-order valence-electron chi connectivity index (χ4n) is 2.08. The van der Waals surface area contributed by atoms with E-state index in [9.17, 15) is 0 Å². The van der Waals surface area contributed by atoms with Crippen molar-refractivity contribution in [3.05, 3.63) is 36.6 Å². The lowest BCUT2D eigenvalue weighted by Gasteiger charge is -2.25. The van der Waals surface area contributed by atoms with Crippen molar-refractivity contribution >= 4 is 0 Å². The van der Waals surface area contributed by atoms with Crippen LogP contribution in [0.3, 0.4) is 0 Å². The van der Waals surface area contributed by atoms with Crippen molar-refractivity contribution in [2.75, 3.05) is 19.6 Å². The van der Waals surface area contributed by atoms with Crippen LogP contribution in [0.4, 0.5) is 0 Å². The first-order valence-corrected chi connectivity index (χ1v) is 5.93. The smallest absolute Gasteiger partial charge is 0.0626 e. The topological polar surface area (TPSA) is 15.3 Å². The Morgan fingerprint density at radius 3 is 2.80 bits per heavy atom. The third-order valence-electron chi connectivity index (χ3n) is 2.97. The molecule has 2 aliphatic rings. The first kappa shape index (κ1) is 10.5. The summed E-state index contributed by atoms with van der Waals surface area (Å²) < 4.78 is 0. The van der Waals surface area contributed by atoms with Gasteiger partial charge in [-0.25, -0.2) is 0 Å². The molecule has 82 valence electrons. The molecule has 0 aliphatic carbocycles. The molecule has 0 spiro atoms. The van der Waals surface area contributed by atoms with Crippen LogP contribution in [0, 0.1) is 0 Å². The van der Waals surface area contributed by atoms with Gasteiger partial charge in [0.25, 0.3) is 0 Å². The first-order valence-electron chi connectivity index (χ1n) is 5.93. The van der Waals surface area contributed by atoms with Gasteiger partial charge in [-0.05, 0) is 38.2 Å². The summed E-state index contributed by atoms with van der Waals surface area (Å²) in [5.41, 5.74) is 0. The second-order valence-corrected chi connectivity index (χ2v) is 4.23. The molecule has 0 aromatic carbocycles. The molecule has 2 heterocycles. The molecule has 0 amide bonds. The molecule has 2 aliphatic heterocycles. The average molecular weight is 204 g/mol. The number of nitrogens with zero attached hydrogens (tertiary/aromatic N) is 1. The van der Waals surface area contributed by atoms with E-state index in [1.165, 1.54) is 32.4 Å². The highest BCUT2D eigenvalue weighted by molar-refractivity contribution is 5.17. The zero-order chi connectivity index (χ0) is 10.3. The van der Waals surface area contributed by atoms with Crippen LogP contribution >= 0.6 is 0 Å². The fraction of sp³-hybridized carbons (Fsp3) is 0.538. The summed E-state index contributed by atoms with van der Waals surface area (Å²) >= 11 is 0. The summed E-state index contributed by atoms with van der Waals surface area (Å²) in [6.45, 7) is 3.66. The maximum Gasteiger partial charge on any atom is 0.0626 e. The standard InChI is InChI=1S/C13H20N2/c1-4-10-15(11-5-1)12-6-8-13-7-2-3-9-14-13/h2-3,6-9,13-14H,1,4-5,10-12H2/b8-6+. The molecule has 2 rings (SSSR count). The van der Waals surface area contributed by atoms with Gasteiger partial charge in [0.1, 0.15) is 0 Å². The largest absolute Gasteiger partial charge is 0.381 e. The molecule has 1 N–H and O–H groups in total. The van der Waals surface area contributed by atoms with Crippen molar-refractivity contribution in [3.8, 4) is 0 Å². The van der Waals surface area contributed by atoms with E-state index in [0.29, 0.717) is 6.04 Å². The van der Waals surface area contributed by atoms with Crippen LogP contribution in [0.15, 0.2) is 36.6 Å². The molecular weight excluding hydrogens is 184 g/mol. The van der Waals surface area contributed by atoms with Gasteiger partial charge in [-0.3, -0.25) is 4.90 Å². The van der Waals surface area contributed by atoms with E-state index in [2.05, 4.69) is 34.5 Å². The Bertz CT molecular complexity index is 260. The molecule has 15 heavy (non-hydrogen) atoms. The number of dihydropyridines is 1. The Morgan fingerprint density at radius 2 is 2.07 bits per heavy atom. The van der Waals surface area contributed by atoms with Gasteiger partial charge in [0.2, 0.25) is 0 Å². The Labute approximate surface area is 92.3 Å². The van der Waals surface area contributed by atoms with Gasteiger partial charge in [-0.2, -0.15) is 0 Å².